The highest BCUT2D eigenvalue weighted by Gasteiger charge is 2.64. The number of ketones is 1. The van der Waals surface area contributed by atoms with Crippen LogP contribution in [0, 0.1) is 11.8 Å². The molecule has 1 spiro atoms. The Kier molecular flexibility index (Phi) is 3.21. The van der Waals surface area contributed by atoms with Gasteiger partial charge < -0.3 is 20.1 Å². The number of aliphatic hydroxyl groups excluding tert-OH is 1. The molecule has 0 unspecified atom stereocenters. The maximum absolute atomic E-state index is 12.9. The highest BCUT2D eigenvalue weighted by atomic mass is 16.5. The van der Waals surface area contributed by atoms with E-state index in [0.717, 1.165) is 0 Å². The van der Waals surface area contributed by atoms with Crippen LogP contribution in [0.15, 0.2) is 30.4 Å². The maximum atomic E-state index is 12.9. The first kappa shape index (κ1) is 14.6. The molecule has 1 heterocycles. The number of ether oxygens (including phenoxy) is 1. The summed E-state index contributed by atoms with van der Waals surface area (Å²) in [5, 5.41) is 28.4. The van der Waals surface area contributed by atoms with Crippen molar-refractivity contribution in [3.05, 3.63) is 35.9 Å². The fourth-order valence-corrected chi connectivity index (χ4v) is 3.61. The van der Waals surface area contributed by atoms with Crippen molar-refractivity contribution in [1.29, 1.82) is 0 Å². The monoisotopic (exact) mass is 304 g/mol. The predicted molar refractivity (Wildman–Crippen MR) is 75.9 cm³/mol. The summed E-state index contributed by atoms with van der Waals surface area (Å²) >= 11 is 0. The zero-order chi connectivity index (χ0) is 16.1. The van der Waals surface area contributed by atoms with Crippen molar-refractivity contribution < 1.29 is 29.6 Å². The fraction of sp³-hybridized carbons (Fsp3) is 0.375. The molecule has 116 valence electrons. The highest BCUT2D eigenvalue weighted by molar-refractivity contribution is 6.10. The molecule has 0 radical (unpaired) electrons. The molecule has 0 amide bonds. The van der Waals surface area contributed by atoms with Gasteiger partial charge in [0.25, 0.3) is 0 Å². The quantitative estimate of drug-likeness (QED) is 0.729. The third kappa shape index (κ3) is 1.77. The Bertz CT molecular complexity index is 679. The van der Waals surface area contributed by atoms with E-state index in [4.69, 9.17) is 4.74 Å². The molecule has 1 aliphatic heterocycles. The van der Waals surface area contributed by atoms with Crippen LogP contribution in [0.5, 0.6) is 11.5 Å². The van der Waals surface area contributed by atoms with E-state index in [-0.39, 0.29) is 30.1 Å². The number of aliphatic hydroxyl groups is 1. The van der Waals surface area contributed by atoms with Gasteiger partial charge in [0.05, 0.1) is 12.2 Å². The van der Waals surface area contributed by atoms with E-state index in [2.05, 4.69) is 6.58 Å². The van der Waals surface area contributed by atoms with Gasteiger partial charge in [-0.05, 0) is 36.6 Å². The van der Waals surface area contributed by atoms with Gasteiger partial charge in [0.15, 0.2) is 5.60 Å². The summed E-state index contributed by atoms with van der Waals surface area (Å²) in [6.07, 6.45) is 0.673. The van der Waals surface area contributed by atoms with Gasteiger partial charge >= 0.3 is 5.97 Å². The summed E-state index contributed by atoms with van der Waals surface area (Å²) < 4.78 is 5.82. The predicted octanol–water partition coefficient (Wildman–Crippen LogP) is 1.37. The number of phenols is 1. The Labute approximate surface area is 126 Å². The summed E-state index contributed by atoms with van der Waals surface area (Å²) in [6, 6.07) is 4.11. The summed E-state index contributed by atoms with van der Waals surface area (Å²) in [7, 11) is 0. The van der Waals surface area contributed by atoms with E-state index in [1.165, 1.54) is 18.2 Å². The molecule has 1 aliphatic carbocycles. The molecule has 1 saturated carbocycles. The molecule has 0 saturated heterocycles. The lowest BCUT2D eigenvalue weighted by molar-refractivity contribution is -0.146. The number of aromatic hydroxyl groups is 1. The van der Waals surface area contributed by atoms with Gasteiger partial charge in [0, 0.05) is 5.92 Å². The van der Waals surface area contributed by atoms with Gasteiger partial charge in [-0.25, -0.2) is 0 Å². The number of rotatable bonds is 3. The number of Topliss-reactive ketones (excluding diaryl/α,β-unsaturated/α-hetero) is 1. The van der Waals surface area contributed by atoms with E-state index >= 15 is 0 Å². The number of hydrogen-bond donors (Lipinski definition) is 3. The van der Waals surface area contributed by atoms with Crippen molar-refractivity contribution in [3.63, 3.8) is 0 Å². The number of carboxylic acids is 1. The Hall–Kier alpha value is -2.34. The molecule has 6 nitrogen and oxygen atoms in total. The standard InChI is InChI=1S/C16H16O6/c1-8(7-17)11-3-4-12(15(20)21)16(11)14(19)10-6-9(18)2-5-13(10)22-16/h2,5-6,11-12,17-18H,1,3-4,7H2,(H,20,21)/t11-,12-,16+/m0/s1. The van der Waals surface area contributed by atoms with Gasteiger partial charge in [-0.2, -0.15) is 0 Å². The number of fused-ring (bicyclic) bond motifs is 1. The molecule has 1 fully saturated rings. The van der Waals surface area contributed by atoms with Crippen LogP contribution >= 0.6 is 0 Å². The van der Waals surface area contributed by atoms with Gasteiger partial charge in [0.1, 0.15) is 17.4 Å². The van der Waals surface area contributed by atoms with E-state index in [1.54, 1.807) is 0 Å². The third-order valence-corrected chi connectivity index (χ3v) is 4.61. The number of phenolic OH excluding ortho intramolecular Hbond substituents is 1. The van der Waals surface area contributed by atoms with Crippen LogP contribution in [0.2, 0.25) is 0 Å². The van der Waals surface area contributed by atoms with E-state index in [0.29, 0.717) is 12.0 Å². The van der Waals surface area contributed by atoms with Crippen LogP contribution in [-0.4, -0.2) is 39.3 Å². The van der Waals surface area contributed by atoms with Crippen molar-refractivity contribution >= 4 is 11.8 Å². The molecule has 3 N–H and O–H groups in total. The molecule has 6 heteroatoms. The van der Waals surface area contributed by atoms with Crippen LogP contribution < -0.4 is 4.74 Å². The molecule has 1 aromatic carbocycles. The number of carbonyl (C=O) groups excluding carboxylic acids is 1. The topological polar surface area (TPSA) is 104 Å². The zero-order valence-corrected chi connectivity index (χ0v) is 11.8. The van der Waals surface area contributed by atoms with Gasteiger partial charge in [-0.1, -0.05) is 6.58 Å². The largest absolute Gasteiger partial charge is 0.508 e. The van der Waals surface area contributed by atoms with Crippen LogP contribution in [0.4, 0.5) is 0 Å². The number of hydrogen-bond acceptors (Lipinski definition) is 5. The van der Waals surface area contributed by atoms with Crippen LogP contribution in [-0.2, 0) is 4.79 Å². The minimum atomic E-state index is -1.58. The Balaban J connectivity index is 2.14. The Morgan fingerprint density at radius 3 is 2.68 bits per heavy atom. The molecule has 3 atom stereocenters. The molecular formula is C16H16O6. The molecule has 0 aromatic heterocycles. The highest BCUT2D eigenvalue weighted by Crippen LogP contribution is 2.53. The number of carboxylic acid groups (broad SMARTS) is 1. The summed E-state index contributed by atoms with van der Waals surface area (Å²) in [5.41, 5.74) is -1.03. The number of carbonyl (C=O) groups is 2. The maximum Gasteiger partial charge on any atom is 0.311 e. The summed E-state index contributed by atoms with van der Waals surface area (Å²) in [4.78, 5) is 24.5. The molecular weight excluding hydrogens is 288 g/mol. The Morgan fingerprint density at radius 1 is 1.36 bits per heavy atom. The normalized spacial score (nSPS) is 29.4. The Morgan fingerprint density at radius 2 is 2.05 bits per heavy atom. The molecule has 0 bridgehead atoms. The average Bonchev–Trinajstić information content (AvgIpc) is 2.99. The zero-order valence-electron chi connectivity index (χ0n) is 11.8. The first-order valence-corrected chi connectivity index (χ1v) is 7.00. The first-order valence-electron chi connectivity index (χ1n) is 7.00. The lowest BCUT2D eigenvalue weighted by Crippen LogP contribution is -2.52. The fourth-order valence-electron chi connectivity index (χ4n) is 3.61. The smallest absolute Gasteiger partial charge is 0.311 e. The van der Waals surface area contributed by atoms with Gasteiger partial charge in [-0.3, -0.25) is 9.59 Å². The molecule has 3 rings (SSSR count). The minimum absolute atomic E-state index is 0.0878. The van der Waals surface area contributed by atoms with Crippen molar-refractivity contribution in [1.82, 2.24) is 0 Å². The first-order chi connectivity index (χ1) is 10.4. The van der Waals surface area contributed by atoms with Crippen LogP contribution in [0.3, 0.4) is 0 Å². The van der Waals surface area contributed by atoms with Crippen LogP contribution in [0.1, 0.15) is 23.2 Å². The molecule has 1 aromatic rings. The number of benzene rings is 1. The van der Waals surface area contributed by atoms with E-state index < -0.39 is 29.2 Å². The van der Waals surface area contributed by atoms with E-state index in [9.17, 15) is 24.9 Å². The SMILES string of the molecule is C=C(CO)[C@@H]1CC[C@@H](C(=O)O)[C@]12Oc1ccc(O)cc1C2=O. The number of aliphatic carboxylic acids is 1. The second-order valence-electron chi connectivity index (χ2n) is 5.74. The van der Waals surface area contributed by atoms with Gasteiger partial charge in [-0.15, -0.1) is 0 Å². The average molecular weight is 304 g/mol. The second-order valence-corrected chi connectivity index (χ2v) is 5.74. The summed E-state index contributed by atoms with van der Waals surface area (Å²) in [5.74, 6) is -2.99. The van der Waals surface area contributed by atoms with Crippen molar-refractivity contribution in [2.45, 2.75) is 18.4 Å². The van der Waals surface area contributed by atoms with Crippen molar-refractivity contribution in [3.8, 4) is 11.5 Å². The van der Waals surface area contributed by atoms with Gasteiger partial charge in [0.2, 0.25) is 5.78 Å². The lowest BCUT2D eigenvalue weighted by atomic mass is 9.76. The van der Waals surface area contributed by atoms with Crippen LogP contribution in [0.25, 0.3) is 0 Å². The second kappa shape index (κ2) is 4.84. The minimum Gasteiger partial charge on any atom is -0.508 e. The summed E-state index contributed by atoms with van der Waals surface area (Å²) in [6.45, 7) is 3.42. The van der Waals surface area contributed by atoms with Crippen molar-refractivity contribution in [2.24, 2.45) is 11.8 Å². The third-order valence-electron chi connectivity index (χ3n) is 4.61. The molecule has 22 heavy (non-hydrogen) atoms. The van der Waals surface area contributed by atoms with E-state index in [1.807, 2.05) is 0 Å². The lowest BCUT2D eigenvalue weighted by Gasteiger charge is -2.33. The molecule has 2 aliphatic rings. The van der Waals surface area contributed by atoms with Crippen molar-refractivity contribution in [2.75, 3.05) is 6.61 Å².